The van der Waals surface area contributed by atoms with Gasteiger partial charge in [0.05, 0.1) is 0 Å². The van der Waals surface area contributed by atoms with E-state index in [4.69, 9.17) is 14.2 Å². The molecule has 0 heterocycles. The summed E-state index contributed by atoms with van der Waals surface area (Å²) in [5, 5.41) is 0. The van der Waals surface area contributed by atoms with Gasteiger partial charge in [0.25, 0.3) is 0 Å². The van der Waals surface area contributed by atoms with Crippen LogP contribution in [-0.2, 0) is 28.6 Å². The van der Waals surface area contributed by atoms with E-state index in [1.165, 1.54) is 70.6 Å². The molecule has 71 heavy (non-hydrogen) atoms. The fourth-order valence-corrected chi connectivity index (χ4v) is 7.89. The second-order valence-corrected chi connectivity index (χ2v) is 19.1. The van der Waals surface area contributed by atoms with Crippen molar-refractivity contribution in [1.82, 2.24) is 0 Å². The van der Waals surface area contributed by atoms with Gasteiger partial charge in [-0.2, -0.15) is 0 Å². The highest BCUT2D eigenvalue weighted by Crippen LogP contribution is 2.14. The van der Waals surface area contributed by atoms with Crippen LogP contribution in [0.2, 0.25) is 0 Å². The van der Waals surface area contributed by atoms with Crippen LogP contribution in [0.5, 0.6) is 0 Å². The second kappa shape index (κ2) is 58.6. The van der Waals surface area contributed by atoms with Gasteiger partial charge in [-0.05, 0) is 122 Å². The molecule has 0 radical (unpaired) electrons. The maximum absolute atomic E-state index is 12.9. The average Bonchev–Trinajstić information content (AvgIpc) is 3.37. The molecule has 404 valence electrons. The van der Waals surface area contributed by atoms with E-state index in [0.29, 0.717) is 19.3 Å². The first kappa shape index (κ1) is 67.1. The standard InChI is InChI=1S/C65H108O6/c1-4-7-10-13-16-19-22-25-28-29-30-31-32-33-34-35-38-40-43-46-49-52-55-58-64(67)70-61-62(71-65(68)59-56-53-50-47-44-41-37-27-24-21-18-15-12-9-6-3)60-69-63(66)57-54-51-48-45-42-39-36-26-23-20-17-14-11-8-5-2/h8-9,11-12,17-18,20-22,25-27,29-30,32-33,36-37,62H,4-7,10,13-16,19,23-24,28,31,34-35,38-61H2,1-3H3/b11-8-,12-9-,20-17-,21-18-,25-22-,30-29-,33-32-,36-26-,37-27-. The van der Waals surface area contributed by atoms with E-state index in [-0.39, 0.29) is 31.1 Å². The molecule has 0 aliphatic heterocycles. The highest BCUT2D eigenvalue weighted by atomic mass is 16.6. The van der Waals surface area contributed by atoms with Crippen LogP contribution in [0.25, 0.3) is 0 Å². The first-order chi connectivity index (χ1) is 35.0. The van der Waals surface area contributed by atoms with Gasteiger partial charge in [-0.25, -0.2) is 0 Å². The SMILES string of the molecule is CC/C=C\C/C=C\C/C=C\CCCCCCCC(=O)OCC(COC(=O)CCCCCCCCCC/C=C\C/C=C\C/C=C\CCCCCCC)OC(=O)CCCCCCC/C=C\C/C=C\C/C=C\CC. The molecule has 0 amide bonds. The maximum Gasteiger partial charge on any atom is 0.306 e. The number of rotatable bonds is 52. The minimum absolute atomic E-state index is 0.0963. The Hall–Kier alpha value is -3.93. The third kappa shape index (κ3) is 56.9. The molecule has 0 aromatic rings. The molecule has 1 unspecified atom stereocenters. The Kier molecular flexibility index (Phi) is 55.4. The molecule has 0 N–H and O–H groups in total. The first-order valence-corrected chi connectivity index (χ1v) is 29.4. The quantitative estimate of drug-likeness (QED) is 0.0261. The van der Waals surface area contributed by atoms with Crippen LogP contribution in [0.3, 0.4) is 0 Å². The highest BCUT2D eigenvalue weighted by molar-refractivity contribution is 5.71. The number of unbranched alkanes of at least 4 members (excludes halogenated alkanes) is 23. The predicted molar refractivity (Wildman–Crippen MR) is 307 cm³/mol. The third-order valence-corrected chi connectivity index (χ3v) is 12.2. The van der Waals surface area contributed by atoms with Crippen molar-refractivity contribution in [3.05, 3.63) is 109 Å². The summed E-state index contributed by atoms with van der Waals surface area (Å²) in [4.78, 5) is 38.2. The zero-order valence-electron chi connectivity index (χ0n) is 46.2. The van der Waals surface area contributed by atoms with Crippen molar-refractivity contribution in [2.24, 2.45) is 0 Å². The molecular weight excluding hydrogens is 877 g/mol. The summed E-state index contributed by atoms with van der Waals surface area (Å²) in [5.41, 5.74) is 0. The molecule has 6 nitrogen and oxygen atoms in total. The summed E-state index contributed by atoms with van der Waals surface area (Å²) in [5.74, 6) is -0.936. The Morgan fingerprint density at radius 1 is 0.296 bits per heavy atom. The van der Waals surface area contributed by atoms with Crippen LogP contribution < -0.4 is 0 Å². The molecule has 0 saturated carbocycles. The zero-order valence-corrected chi connectivity index (χ0v) is 46.2. The molecule has 1 atom stereocenters. The molecule has 0 rings (SSSR count). The summed E-state index contributed by atoms with van der Waals surface area (Å²) in [6, 6.07) is 0. The monoisotopic (exact) mass is 985 g/mol. The van der Waals surface area contributed by atoms with Crippen molar-refractivity contribution >= 4 is 17.9 Å². The van der Waals surface area contributed by atoms with E-state index in [0.717, 1.165) is 154 Å². The van der Waals surface area contributed by atoms with Crippen molar-refractivity contribution in [1.29, 1.82) is 0 Å². The summed E-state index contributed by atoms with van der Waals surface area (Å²) in [6.07, 6.45) is 79.4. The minimum atomic E-state index is -0.800. The van der Waals surface area contributed by atoms with E-state index in [1.807, 2.05) is 0 Å². The molecule has 0 spiro atoms. The van der Waals surface area contributed by atoms with Gasteiger partial charge in [0.15, 0.2) is 6.10 Å². The fourth-order valence-electron chi connectivity index (χ4n) is 7.89. The zero-order chi connectivity index (χ0) is 51.4. The summed E-state index contributed by atoms with van der Waals surface area (Å²) in [7, 11) is 0. The van der Waals surface area contributed by atoms with Crippen molar-refractivity contribution < 1.29 is 28.6 Å². The van der Waals surface area contributed by atoms with Crippen LogP contribution in [0.1, 0.15) is 265 Å². The van der Waals surface area contributed by atoms with E-state index in [1.54, 1.807) is 0 Å². The highest BCUT2D eigenvalue weighted by Gasteiger charge is 2.19. The van der Waals surface area contributed by atoms with Gasteiger partial charge < -0.3 is 14.2 Å². The molecule has 0 aliphatic carbocycles. The van der Waals surface area contributed by atoms with E-state index in [9.17, 15) is 14.4 Å². The number of esters is 3. The Morgan fingerprint density at radius 3 is 0.859 bits per heavy atom. The van der Waals surface area contributed by atoms with Gasteiger partial charge >= 0.3 is 17.9 Å². The van der Waals surface area contributed by atoms with E-state index in [2.05, 4.69) is 130 Å². The lowest BCUT2D eigenvalue weighted by molar-refractivity contribution is -0.167. The maximum atomic E-state index is 12.9. The van der Waals surface area contributed by atoms with Crippen LogP contribution >= 0.6 is 0 Å². The van der Waals surface area contributed by atoms with Gasteiger partial charge in [-0.1, -0.05) is 233 Å². The Balaban J connectivity index is 4.41. The third-order valence-electron chi connectivity index (χ3n) is 12.2. The Morgan fingerprint density at radius 2 is 0.549 bits per heavy atom. The van der Waals surface area contributed by atoms with E-state index < -0.39 is 6.10 Å². The molecule has 0 aromatic heterocycles. The largest absolute Gasteiger partial charge is 0.462 e. The van der Waals surface area contributed by atoms with Gasteiger partial charge in [0, 0.05) is 19.3 Å². The van der Waals surface area contributed by atoms with Crippen molar-refractivity contribution in [2.45, 2.75) is 271 Å². The van der Waals surface area contributed by atoms with Gasteiger partial charge in [-0.3, -0.25) is 14.4 Å². The Labute approximate surface area is 438 Å². The molecule has 0 saturated heterocycles. The molecule has 0 aromatic carbocycles. The number of hydrogen-bond donors (Lipinski definition) is 0. The number of carbonyl (C=O) groups is 3. The topological polar surface area (TPSA) is 78.9 Å². The second-order valence-electron chi connectivity index (χ2n) is 19.1. The molecular formula is C65H108O6. The lowest BCUT2D eigenvalue weighted by Crippen LogP contribution is -2.30. The van der Waals surface area contributed by atoms with Gasteiger partial charge in [-0.15, -0.1) is 0 Å². The molecule has 0 bridgehead atoms. The van der Waals surface area contributed by atoms with Crippen LogP contribution in [0, 0.1) is 0 Å². The van der Waals surface area contributed by atoms with Crippen LogP contribution in [0.4, 0.5) is 0 Å². The van der Waals surface area contributed by atoms with Crippen molar-refractivity contribution in [3.63, 3.8) is 0 Å². The molecule has 6 heteroatoms. The summed E-state index contributed by atoms with van der Waals surface area (Å²) < 4.78 is 16.8. The average molecular weight is 986 g/mol. The summed E-state index contributed by atoms with van der Waals surface area (Å²) >= 11 is 0. The lowest BCUT2D eigenvalue weighted by Gasteiger charge is -2.18. The van der Waals surface area contributed by atoms with Crippen LogP contribution in [-0.4, -0.2) is 37.2 Å². The normalized spacial score (nSPS) is 12.9. The number of hydrogen-bond acceptors (Lipinski definition) is 6. The minimum Gasteiger partial charge on any atom is -0.462 e. The lowest BCUT2D eigenvalue weighted by atomic mass is 10.1. The smallest absolute Gasteiger partial charge is 0.306 e. The number of allylic oxidation sites excluding steroid dienone is 18. The van der Waals surface area contributed by atoms with E-state index >= 15 is 0 Å². The first-order valence-electron chi connectivity index (χ1n) is 29.4. The number of carbonyl (C=O) groups excluding carboxylic acids is 3. The van der Waals surface area contributed by atoms with Gasteiger partial charge in [0.1, 0.15) is 13.2 Å². The van der Waals surface area contributed by atoms with Crippen molar-refractivity contribution in [3.8, 4) is 0 Å². The van der Waals surface area contributed by atoms with Gasteiger partial charge in [0.2, 0.25) is 0 Å². The molecule has 0 fully saturated rings. The van der Waals surface area contributed by atoms with Crippen LogP contribution in [0.15, 0.2) is 109 Å². The fraction of sp³-hybridized carbons (Fsp3) is 0.677. The summed E-state index contributed by atoms with van der Waals surface area (Å²) in [6.45, 7) is 6.37. The Bertz CT molecular complexity index is 1460. The number of ether oxygens (including phenoxy) is 3. The predicted octanol–water partition coefficient (Wildman–Crippen LogP) is 19.9. The van der Waals surface area contributed by atoms with Crippen molar-refractivity contribution in [2.75, 3.05) is 13.2 Å². The molecule has 0 aliphatic rings.